The average Bonchev–Trinajstić information content (AvgIpc) is 3.30. The molecule has 2 aliphatic carbocycles. The summed E-state index contributed by atoms with van der Waals surface area (Å²) in [6.45, 7) is 0. The Kier molecular flexibility index (Phi) is 5.04. The number of fused-ring (bicyclic) bond motifs is 2. The highest BCUT2D eigenvalue weighted by Crippen LogP contribution is 2.47. The highest BCUT2D eigenvalue weighted by Gasteiger charge is 2.67. The Bertz CT molecular complexity index is 1650. The summed E-state index contributed by atoms with van der Waals surface area (Å²) in [5, 5.41) is 0. The highest BCUT2D eigenvalue weighted by atomic mass is 16.2. The van der Waals surface area contributed by atoms with Crippen LogP contribution in [0.3, 0.4) is 0 Å². The van der Waals surface area contributed by atoms with E-state index in [0.717, 1.165) is 11.1 Å². The van der Waals surface area contributed by atoms with Gasteiger partial charge in [-0.3, -0.25) is 19.2 Å². The molecule has 4 aromatic rings. The summed E-state index contributed by atoms with van der Waals surface area (Å²) in [5.41, 5.74) is 0.426. The van der Waals surface area contributed by atoms with E-state index in [1.54, 1.807) is 12.1 Å². The molecule has 0 aromatic heterocycles. The van der Waals surface area contributed by atoms with Crippen LogP contribution < -0.4 is 0 Å². The van der Waals surface area contributed by atoms with Gasteiger partial charge in [-0.1, -0.05) is 60.1 Å². The quantitative estimate of drug-likeness (QED) is 0.267. The van der Waals surface area contributed by atoms with Crippen LogP contribution in [-0.2, 0) is 0 Å². The van der Waals surface area contributed by atoms with E-state index in [4.69, 9.17) is 0 Å². The molecule has 37 heavy (non-hydrogen) atoms. The van der Waals surface area contributed by atoms with Crippen molar-refractivity contribution < 1.29 is 19.2 Å². The fourth-order valence-corrected chi connectivity index (χ4v) is 4.77. The fourth-order valence-electron chi connectivity index (χ4n) is 4.77. The monoisotopic (exact) mass is 476 g/mol. The largest absolute Gasteiger partial charge is 0.292 e. The first kappa shape index (κ1) is 22.2. The number of carbonyl (C=O) groups excluding carboxylic acids is 4. The normalized spacial score (nSPS) is 14.5. The summed E-state index contributed by atoms with van der Waals surface area (Å²) >= 11 is 0. The third-order valence-electron chi connectivity index (χ3n) is 6.63. The third kappa shape index (κ3) is 3.36. The zero-order valence-corrected chi connectivity index (χ0v) is 19.4. The zero-order valence-electron chi connectivity index (χ0n) is 19.4. The third-order valence-corrected chi connectivity index (χ3v) is 6.63. The molecule has 0 heterocycles. The van der Waals surface area contributed by atoms with Crippen LogP contribution in [0.15, 0.2) is 97.1 Å². The highest BCUT2D eigenvalue weighted by molar-refractivity contribution is 6.56. The Morgan fingerprint density at radius 3 is 1.14 bits per heavy atom. The number of Topliss-reactive ketones (excluding diaryl/α,β-unsaturated/α-hetero) is 4. The van der Waals surface area contributed by atoms with Crippen molar-refractivity contribution >= 4 is 23.1 Å². The number of rotatable bonds is 0. The molecular formula is C33H16O4. The van der Waals surface area contributed by atoms with E-state index < -0.39 is 28.5 Å². The summed E-state index contributed by atoms with van der Waals surface area (Å²) in [6, 6.07) is 27.8. The lowest BCUT2D eigenvalue weighted by molar-refractivity contribution is 0.0586. The average molecular weight is 476 g/mol. The van der Waals surface area contributed by atoms with Crippen LogP contribution in [0, 0.1) is 29.1 Å². The Morgan fingerprint density at radius 2 is 0.730 bits per heavy atom. The molecule has 0 unspecified atom stereocenters. The van der Waals surface area contributed by atoms with E-state index in [1.165, 1.54) is 24.3 Å². The molecule has 0 radical (unpaired) electrons. The first-order valence-corrected chi connectivity index (χ1v) is 11.6. The van der Waals surface area contributed by atoms with E-state index in [9.17, 15) is 19.2 Å². The lowest BCUT2D eigenvalue weighted by Crippen LogP contribution is -2.44. The van der Waals surface area contributed by atoms with Gasteiger partial charge in [0.15, 0.2) is 23.1 Å². The van der Waals surface area contributed by atoms with Crippen LogP contribution in [0.1, 0.15) is 63.7 Å². The number of hydrogen-bond donors (Lipinski definition) is 0. The second-order valence-corrected chi connectivity index (χ2v) is 8.82. The van der Waals surface area contributed by atoms with Crippen molar-refractivity contribution in [2.75, 3.05) is 0 Å². The number of ketones is 4. The molecule has 1 spiro atoms. The van der Waals surface area contributed by atoms with Gasteiger partial charge in [0.05, 0.1) is 0 Å². The van der Waals surface area contributed by atoms with Gasteiger partial charge in [0.1, 0.15) is 0 Å². The summed E-state index contributed by atoms with van der Waals surface area (Å²) in [6.07, 6.45) is 0. The van der Waals surface area contributed by atoms with E-state index >= 15 is 0 Å². The minimum absolute atomic E-state index is 0.0449. The van der Waals surface area contributed by atoms with Crippen LogP contribution in [-0.4, -0.2) is 23.1 Å². The lowest BCUT2D eigenvalue weighted by Gasteiger charge is -2.14. The lowest BCUT2D eigenvalue weighted by atomic mass is 9.78. The standard InChI is InChI=1S/C33H16O4/c34-29-25-17-15-23(13-11-21-7-3-1-4-8-21)19-27(25)31(36)33(29)30(35)26-18-16-24(20-28(26)32(33)37)14-12-22-9-5-2-6-10-22/h1-10,15-20H. The Labute approximate surface area is 213 Å². The van der Waals surface area contributed by atoms with E-state index in [-0.39, 0.29) is 22.3 Å². The smallest absolute Gasteiger partial charge is 0.221 e. The van der Waals surface area contributed by atoms with Gasteiger partial charge < -0.3 is 0 Å². The molecule has 0 N–H and O–H groups in total. The molecule has 0 fully saturated rings. The molecule has 0 aliphatic heterocycles. The second kappa shape index (κ2) is 8.41. The maximum absolute atomic E-state index is 13.6. The molecule has 172 valence electrons. The van der Waals surface area contributed by atoms with Gasteiger partial charge in [-0.2, -0.15) is 0 Å². The first-order valence-electron chi connectivity index (χ1n) is 11.6. The minimum Gasteiger partial charge on any atom is -0.292 e. The van der Waals surface area contributed by atoms with Gasteiger partial charge in [-0.05, 0) is 60.7 Å². The topological polar surface area (TPSA) is 68.3 Å². The Morgan fingerprint density at radius 1 is 0.378 bits per heavy atom. The van der Waals surface area contributed by atoms with Crippen molar-refractivity contribution in [1.29, 1.82) is 0 Å². The van der Waals surface area contributed by atoms with E-state index in [2.05, 4.69) is 23.7 Å². The van der Waals surface area contributed by atoms with Gasteiger partial charge in [0.2, 0.25) is 5.41 Å². The van der Waals surface area contributed by atoms with Crippen LogP contribution in [0.4, 0.5) is 0 Å². The van der Waals surface area contributed by atoms with Crippen molar-refractivity contribution in [3.63, 3.8) is 0 Å². The Hall–Kier alpha value is -5.32. The first-order chi connectivity index (χ1) is 18.0. The summed E-state index contributed by atoms with van der Waals surface area (Å²) in [7, 11) is 0. The molecule has 4 heteroatoms. The van der Waals surface area contributed by atoms with Crippen LogP contribution >= 0.6 is 0 Å². The van der Waals surface area contributed by atoms with Gasteiger partial charge in [0.25, 0.3) is 0 Å². The molecule has 4 aromatic carbocycles. The van der Waals surface area contributed by atoms with Crippen LogP contribution in [0.5, 0.6) is 0 Å². The van der Waals surface area contributed by atoms with Crippen molar-refractivity contribution in [2.24, 2.45) is 5.41 Å². The molecule has 6 rings (SSSR count). The summed E-state index contributed by atoms with van der Waals surface area (Å²) < 4.78 is 0. The summed E-state index contributed by atoms with van der Waals surface area (Å²) in [5.74, 6) is 8.83. The summed E-state index contributed by atoms with van der Waals surface area (Å²) in [4.78, 5) is 54.2. The van der Waals surface area contributed by atoms with E-state index in [1.807, 2.05) is 60.7 Å². The van der Waals surface area contributed by atoms with Crippen molar-refractivity contribution in [3.8, 4) is 23.7 Å². The Balaban J connectivity index is 1.37. The number of benzene rings is 4. The van der Waals surface area contributed by atoms with Gasteiger partial charge in [-0.25, -0.2) is 0 Å². The van der Waals surface area contributed by atoms with Crippen LogP contribution in [0.25, 0.3) is 0 Å². The predicted octanol–water partition coefficient (Wildman–Crippen LogP) is 4.93. The zero-order chi connectivity index (χ0) is 25.6. The van der Waals surface area contributed by atoms with Crippen molar-refractivity contribution in [1.82, 2.24) is 0 Å². The van der Waals surface area contributed by atoms with Gasteiger partial charge in [0, 0.05) is 44.5 Å². The molecule has 2 aliphatic rings. The number of hydrogen-bond acceptors (Lipinski definition) is 4. The molecular weight excluding hydrogens is 460 g/mol. The van der Waals surface area contributed by atoms with Crippen LogP contribution in [0.2, 0.25) is 0 Å². The van der Waals surface area contributed by atoms with Gasteiger partial charge in [-0.15, -0.1) is 0 Å². The number of carbonyl (C=O) groups is 4. The maximum atomic E-state index is 13.6. The predicted molar refractivity (Wildman–Crippen MR) is 137 cm³/mol. The molecule has 0 bridgehead atoms. The van der Waals surface area contributed by atoms with Crippen molar-refractivity contribution in [2.45, 2.75) is 0 Å². The second-order valence-electron chi connectivity index (χ2n) is 8.82. The molecule has 0 amide bonds. The molecule has 0 saturated carbocycles. The van der Waals surface area contributed by atoms with Crippen molar-refractivity contribution in [3.05, 3.63) is 142 Å². The van der Waals surface area contributed by atoms with E-state index in [0.29, 0.717) is 11.1 Å². The molecule has 0 saturated heterocycles. The van der Waals surface area contributed by atoms with Gasteiger partial charge >= 0.3 is 0 Å². The molecule has 0 atom stereocenters. The molecule has 4 nitrogen and oxygen atoms in total. The SMILES string of the molecule is O=C1c2ccc(C#Cc3ccccc3)cc2C(=O)C12C(=O)c1ccc(C#Cc3ccccc3)cc1C2=O. The maximum Gasteiger partial charge on any atom is 0.221 e. The minimum atomic E-state index is -2.40. The fraction of sp³-hybridized carbons (Fsp3) is 0.0303.